The van der Waals surface area contributed by atoms with Gasteiger partial charge in [0.2, 0.25) is 0 Å². The van der Waals surface area contributed by atoms with Crippen LogP contribution in [0, 0.1) is 0 Å². The normalized spacial score (nSPS) is 14.0. The number of halogens is 6. The van der Waals surface area contributed by atoms with Crippen LogP contribution in [-0.2, 0) is 10.1 Å². The Morgan fingerprint density at radius 3 is 1.43 bits per heavy atom. The fourth-order valence-corrected chi connectivity index (χ4v) is 0.716. The molecule has 0 radical (unpaired) electrons. The molecule has 0 rings (SSSR count). The molecule has 0 aliphatic heterocycles. The number of hydrogen-bond acceptors (Lipinski definition) is 3. The monoisotopic (exact) mass is 238 g/mol. The zero-order valence-electron chi connectivity index (χ0n) is 6.48. The van der Waals surface area contributed by atoms with Gasteiger partial charge in [0, 0.05) is 0 Å². The van der Waals surface area contributed by atoms with Crippen LogP contribution in [0.3, 0.4) is 0 Å². The molecule has 0 bridgehead atoms. The van der Waals surface area contributed by atoms with Gasteiger partial charge < -0.3 is 4.55 Å². The Labute approximate surface area is 86.4 Å². The average Bonchev–Trinajstić information content (AvgIpc) is 1.84. The molecule has 0 fully saturated rings. The van der Waals surface area contributed by atoms with E-state index in [0.717, 1.165) is 0 Å². The number of rotatable bonds is 3. The Morgan fingerprint density at radius 1 is 1.07 bits per heavy atom. The van der Waals surface area contributed by atoms with Gasteiger partial charge in [0.05, 0.1) is 0 Å². The van der Waals surface area contributed by atoms with Gasteiger partial charge in [0.25, 0.3) is 0 Å². The molecule has 0 unspecified atom stereocenters. The van der Waals surface area contributed by atoms with Crippen LogP contribution in [0.4, 0.5) is 26.3 Å². The van der Waals surface area contributed by atoms with Crippen molar-refractivity contribution < 1.29 is 58.2 Å². The van der Waals surface area contributed by atoms with Crippen molar-refractivity contribution in [2.75, 3.05) is 0 Å². The molecular weight excluding hydrogens is 237 g/mol. The maximum Gasteiger partial charge on any atom is 1.00 e. The van der Waals surface area contributed by atoms with Gasteiger partial charge in [-0.05, 0) is 0 Å². The molecular formula is C3HF6LiO3S. The zero-order valence-corrected chi connectivity index (χ0v) is 7.29. The quantitative estimate of drug-likeness (QED) is 0.325. The first kappa shape index (κ1) is 16.5. The molecule has 0 N–H and O–H groups in total. The molecule has 80 valence electrons. The van der Waals surface area contributed by atoms with E-state index in [4.69, 9.17) is 0 Å². The SMILES string of the molecule is O=S(=O)([O-])C(F)(F)C(F)(F)C(F)F.[Li+]. The zero-order chi connectivity index (χ0) is 11.1. The van der Waals surface area contributed by atoms with Crippen molar-refractivity contribution in [1.82, 2.24) is 0 Å². The molecule has 0 aliphatic carbocycles. The minimum absolute atomic E-state index is 0. The third kappa shape index (κ3) is 2.56. The molecule has 0 aliphatic rings. The second-order valence-electron chi connectivity index (χ2n) is 1.89. The molecule has 0 amide bonds. The third-order valence-electron chi connectivity index (χ3n) is 0.976. The van der Waals surface area contributed by atoms with Gasteiger partial charge in [-0.1, -0.05) is 0 Å². The minimum atomic E-state index is -6.82. The van der Waals surface area contributed by atoms with E-state index >= 15 is 0 Å². The van der Waals surface area contributed by atoms with Crippen molar-refractivity contribution in [3.8, 4) is 0 Å². The fourth-order valence-electron chi connectivity index (χ4n) is 0.294. The van der Waals surface area contributed by atoms with E-state index in [0.29, 0.717) is 0 Å². The van der Waals surface area contributed by atoms with E-state index in [1.54, 1.807) is 0 Å². The van der Waals surface area contributed by atoms with Crippen LogP contribution in [0.2, 0.25) is 0 Å². The van der Waals surface area contributed by atoms with Gasteiger partial charge in [0.1, 0.15) is 0 Å². The van der Waals surface area contributed by atoms with Gasteiger partial charge in [-0.25, -0.2) is 17.2 Å². The van der Waals surface area contributed by atoms with Crippen LogP contribution in [0.25, 0.3) is 0 Å². The van der Waals surface area contributed by atoms with Crippen LogP contribution < -0.4 is 18.9 Å². The summed E-state index contributed by atoms with van der Waals surface area (Å²) >= 11 is 0. The summed E-state index contributed by atoms with van der Waals surface area (Å²) in [7, 11) is -6.82. The minimum Gasteiger partial charge on any atom is -0.743 e. The Kier molecular flexibility index (Phi) is 5.07. The predicted octanol–water partition coefficient (Wildman–Crippen LogP) is -1.97. The first-order valence-corrected chi connectivity index (χ1v) is 3.84. The maximum absolute atomic E-state index is 11.8. The standard InChI is InChI=1S/C3H2F6O3S.Li/c4-1(5)2(6,7)3(8,9)13(10,11)12;/h1H,(H,10,11,12);/q;+1/p-1. The molecule has 14 heavy (non-hydrogen) atoms. The topological polar surface area (TPSA) is 57.2 Å². The Bertz CT molecular complexity index is 287. The summed E-state index contributed by atoms with van der Waals surface area (Å²) in [5.41, 5.74) is 0. The van der Waals surface area contributed by atoms with E-state index in [1.165, 1.54) is 0 Å². The van der Waals surface area contributed by atoms with Gasteiger partial charge in [-0.15, -0.1) is 0 Å². The van der Waals surface area contributed by atoms with Crippen LogP contribution in [0.5, 0.6) is 0 Å². The number of alkyl halides is 6. The largest absolute Gasteiger partial charge is 1.00 e. The summed E-state index contributed by atoms with van der Waals surface area (Å²) in [6.45, 7) is 0. The smallest absolute Gasteiger partial charge is 0.743 e. The molecule has 0 aromatic carbocycles. The second-order valence-corrected chi connectivity index (χ2v) is 3.32. The average molecular weight is 238 g/mol. The van der Waals surface area contributed by atoms with E-state index in [9.17, 15) is 39.3 Å². The van der Waals surface area contributed by atoms with Crippen molar-refractivity contribution in [2.24, 2.45) is 0 Å². The van der Waals surface area contributed by atoms with E-state index in [-0.39, 0.29) is 18.9 Å². The van der Waals surface area contributed by atoms with E-state index < -0.39 is 27.7 Å². The molecule has 3 nitrogen and oxygen atoms in total. The summed E-state index contributed by atoms with van der Waals surface area (Å²) in [6.07, 6.45) is -4.94. The molecule has 11 heteroatoms. The molecule has 0 heterocycles. The summed E-state index contributed by atoms with van der Waals surface area (Å²) in [5, 5.41) is -6.31. The van der Waals surface area contributed by atoms with Crippen molar-refractivity contribution in [2.45, 2.75) is 17.6 Å². The first-order valence-electron chi connectivity index (χ1n) is 2.44. The number of hydrogen-bond donors (Lipinski definition) is 0. The van der Waals surface area contributed by atoms with E-state index in [1.807, 2.05) is 0 Å². The van der Waals surface area contributed by atoms with E-state index in [2.05, 4.69) is 0 Å². The Balaban J connectivity index is 0. The third-order valence-corrected chi connectivity index (χ3v) is 1.88. The summed E-state index contributed by atoms with van der Waals surface area (Å²) in [6, 6.07) is 0. The summed E-state index contributed by atoms with van der Waals surface area (Å²) in [5.74, 6) is -6.19. The molecule has 0 spiro atoms. The van der Waals surface area contributed by atoms with Crippen molar-refractivity contribution in [3.63, 3.8) is 0 Å². The van der Waals surface area contributed by atoms with Crippen LogP contribution >= 0.6 is 0 Å². The predicted molar refractivity (Wildman–Crippen MR) is 25.6 cm³/mol. The maximum atomic E-state index is 11.8. The molecule has 0 saturated heterocycles. The summed E-state index contributed by atoms with van der Waals surface area (Å²) < 4.78 is 98.0. The van der Waals surface area contributed by atoms with Crippen LogP contribution in [0.15, 0.2) is 0 Å². The molecule has 0 saturated carbocycles. The Morgan fingerprint density at radius 2 is 1.36 bits per heavy atom. The van der Waals surface area contributed by atoms with Crippen LogP contribution in [-0.4, -0.2) is 30.6 Å². The van der Waals surface area contributed by atoms with Crippen molar-refractivity contribution in [1.29, 1.82) is 0 Å². The fraction of sp³-hybridized carbons (Fsp3) is 1.00. The van der Waals surface area contributed by atoms with Crippen LogP contribution in [0.1, 0.15) is 0 Å². The van der Waals surface area contributed by atoms with Crippen molar-refractivity contribution in [3.05, 3.63) is 0 Å². The molecule has 0 atom stereocenters. The Hall–Kier alpha value is 0.0874. The molecule has 0 aromatic heterocycles. The van der Waals surface area contributed by atoms with Gasteiger partial charge in [-0.2, -0.15) is 17.6 Å². The van der Waals surface area contributed by atoms with Gasteiger partial charge in [0.15, 0.2) is 10.1 Å². The van der Waals surface area contributed by atoms with Crippen molar-refractivity contribution >= 4 is 10.1 Å². The summed E-state index contributed by atoms with van der Waals surface area (Å²) in [4.78, 5) is 0. The molecule has 0 aromatic rings. The van der Waals surface area contributed by atoms with Gasteiger partial charge >= 0.3 is 36.5 Å². The second kappa shape index (κ2) is 4.30. The van der Waals surface area contributed by atoms with Gasteiger partial charge in [-0.3, -0.25) is 0 Å². The first-order chi connectivity index (χ1) is 5.44.